The summed E-state index contributed by atoms with van der Waals surface area (Å²) in [5, 5.41) is 0. The monoisotopic (exact) mass is 292 g/mol. The standard InChI is InChI=1S/C18H29FN2/c1-3-7-17-8-5-6-11-21(17)18-10-9-15(19)12-14(18)13-16(20)4-2/h9-10,12,16-17H,3-8,11,13,20H2,1-2H3. The van der Waals surface area contributed by atoms with Crippen LogP contribution in [0.3, 0.4) is 0 Å². The third-order valence-electron chi connectivity index (χ3n) is 4.61. The maximum absolute atomic E-state index is 13.7. The van der Waals surface area contributed by atoms with Crippen molar-refractivity contribution in [2.45, 2.75) is 70.9 Å². The van der Waals surface area contributed by atoms with Crippen molar-refractivity contribution in [1.82, 2.24) is 0 Å². The first kappa shape index (κ1) is 16.3. The lowest BCUT2D eigenvalue weighted by molar-refractivity contribution is 0.433. The molecule has 2 atom stereocenters. The fourth-order valence-electron chi connectivity index (χ4n) is 3.38. The molecule has 2 nitrogen and oxygen atoms in total. The molecule has 2 unspecified atom stereocenters. The minimum Gasteiger partial charge on any atom is -0.368 e. The molecule has 0 aromatic heterocycles. The Kier molecular flexibility index (Phi) is 6.04. The molecule has 1 saturated heterocycles. The van der Waals surface area contributed by atoms with E-state index in [0.717, 1.165) is 24.9 Å². The van der Waals surface area contributed by atoms with E-state index in [-0.39, 0.29) is 11.9 Å². The first-order valence-electron chi connectivity index (χ1n) is 8.46. The predicted octanol–water partition coefficient (Wildman–Crippen LogP) is 4.26. The average molecular weight is 292 g/mol. The van der Waals surface area contributed by atoms with E-state index in [0.29, 0.717) is 6.04 Å². The van der Waals surface area contributed by atoms with Crippen molar-refractivity contribution in [2.24, 2.45) is 5.73 Å². The number of benzene rings is 1. The number of piperidine rings is 1. The van der Waals surface area contributed by atoms with Crippen molar-refractivity contribution in [3.63, 3.8) is 0 Å². The zero-order chi connectivity index (χ0) is 15.2. The van der Waals surface area contributed by atoms with Gasteiger partial charge < -0.3 is 10.6 Å². The maximum Gasteiger partial charge on any atom is 0.123 e. The Balaban J connectivity index is 2.27. The van der Waals surface area contributed by atoms with E-state index >= 15 is 0 Å². The SMILES string of the molecule is CCCC1CCCCN1c1ccc(F)cc1CC(N)CC. The summed E-state index contributed by atoms with van der Waals surface area (Å²) >= 11 is 0. The van der Waals surface area contributed by atoms with E-state index < -0.39 is 0 Å². The van der Waals surface area contributed by atoms with Gasteiger partial charge in [-0.25, -0.2) is 4.39 Å². The Morgan fingerprint density at radius 3 is 2.86 bits per heavy atom. The van der Waals surface area contributed by atoms with Gasteiger partial charge in [0.25, 0.3) is 0 Å². The van der Waals surface area contributed by atoms with E-state index in [2.05, 4.69) is 18.7 Å². The van der Waals surface area contributed by atoms with Crippen molar-refractivity contribution >= 4 is 5.69 Å². The van der Waals surface area contributed by atoms with Gasteiger partial charge in [-0.1, -0.05) is 20.3 Å². The molecule has 0 saturated carbocycles. The van der Waals surface area contributed by atoms with E-state index in [9.17, 15) is 4.39 Å². The van der Waals surface area contributed by atoms with Crippen LogP contribution in [0.25, 0.3) is 0 Å². The van der Waals surface area contributed by atoms with Gasteiger partial charge in [-0.3, -0.25) is 0 Å². The molecule has 21 heavy (non-hydrogen) atoms. The number of rotatable bonds is 6. The van der Waals surface area contributed by atoms with Gasteiger partial charge >= 0.3 is 0 Å². The van der Waals surface area contributed by atoms with Crippen LogP contribution >= 0.6 is 0 Å². The van der Waals surface area contributed by atoms with Crippen LogP contribution in [0.5, 0.6) is 0 Å². The van der Waals surface area contributed by atoms with Gasteiger partial charge in [0.2, 0.25) is 0 Å². The van der Waals surface area contributed by atoms with Crippen LogP contribution in [0.4, 0.5) is 10.1 Å². The molecule has 1 aromatic carbocycles. The van der Waals surface area contributed by atoms with E-state index in [1.54, 1.807) is 12.1 Å². The number of anilines is 1. The summed E-state index contributed by atoms with van der Waals surface area (Å²) in [6.45, 7) is 5.42. The van der Waals surface area contributed by atoms with Gasteiger partial charge in [0, 0.05) is 24.3 Å². The fourth-order valence-corrected chi connectivity index (χ4v) is 3.38. The zero-order valence-electron chi connectivity index (χ0n) is 13.4. The normalized spacial score (nSPS) is 20.6. The number of hydrogen-bond acceptors (Lipinski definition) is 2. The molecule has 1 heterocycles. The number of halogens is 1. The van der Waals surface area contributed by atoms with Crippen LogP contribution < -0.4 is 10.6 Å². The molecular formula is C18H29FN2. The van der Waals surface area contributed by atoms with Crippen LogP contribution in [0.1, 0.15) is 57.9 Å². The highest BCUT2D eigenvalue weighted by atomic mass is 19.1. The lowest BCUT2D eigenvalue weighted by Gasteiger charge is -2.39. The van der Waals surface area contributed by atoms with Crippen LogP contribution in [0.15, 0.2) is 18.2 Å². The zero-order valence-corrected chi connectivity index (χ0v) is 13.4. The van der Waals surface area contributed by atoms with Gasteiger partial charge in [-0.2, -0.15) is 0 Å². The van der Waals surface area contributed by atoms with Crippen molar-refractivity contribution in [2.75, 3.05) is 11.4 Å². The topological polar surface area (TPSA) is 29.3 Å². The van der Waals surface area contributed by atoms with Crippen molar-refractivity contribution in [1.29, 1.82) is 0 Å². The Hall–Kier alpha value is -1.09. The van der Waals surface area contributed by atoms with Gasteiger partial charge in [0.15, 0.2) is 0 Å². The van der Waals surface area contributed by atoms with Crippen LogP contribution in [-0.2, 0) is 6.42 Å². The van der Waals surface area contributed by atoms with Gasteiger partial charge in [-0.05, 0) is 62.3 Å². The van der Waals surface area contributed by atoms with E-state index in [1.165, 1.54) is 37.8 Å². The third kappa shape index (κ3) is 4.19. The molecule has 0 amide bonds. The summed E-state index contributed by atoms with van der Waals surface area (Å²) in [6, 6.07) is 5.95. The largest absolute Gasteiger partial charge is 0.368 e. The van der Waals surface area contributed by atoms with Gasteiger partial charge in [0.1, 0.15) is 5.82 Å². The summed E-state index contributed by atoms with van der Waals surface area (Å²) in [5.41, 5.74) is 8.39. The number of hydrogen-bond donors (Lipinski definition) is 1. The summed E-state index contributed by atoms with van der Waals surface area (Å²) in [5.74, 6) is -0.152. The minimum atomic E-state index is -0.152. The number of nitrogens with zero attached hydrogens (tertiary/aromatic N) is 1. The number of nitrogens with two attached hydrogens (primary N) is 1. The quantitative estimate of drug-likeness (QED) is 0.848. The van der Waals surface area contributed by atoms with Gasteiger partial charge in [0.05, 0.1) is 0 Å². The Morgan fingerprint density at radius 1 is 1.33 bits per heavy atom. The second-order valence-electron chi connectivity index (χ2n) is 6.28. The second kappa shape index (κ2) is 7.79. The predicted molar refractivity (Wildman–Crippen MR) is 88.3 cm³/mol. The summed E-state index contributed by atoms with van der Waals surface area (Å²) in [6.07, 6.45) is 7.91. The van der Waals surface area contributed by atoms with Crippen LogP contribution in [0, 0.1) is 5.82 Å². The van der Waals surface area contributed by atoms with E-state index in [1.807, 2.05) is 6.07 Å². The molecule has 118 valence electrons. The van der Waals surface area contributed by atoms with Crippen molar-refractivity contribution < 1.29 is 4.39 Å². The molecule has 2 rings (SSSR count). The lowest BCUT2D eigenvalue weighted by atomic mass is 9.95. The highest BCUT2D eigenvalue weighted by Gasteiger charge is 2.24. The molecule has 1 fully saturated rings. The molecule has 0 bridgehead atoms. The fraction of sp³-hybridized carbons (Fsp3) is 0.667. The Labute approximate surface area is 128 Å². The summed E-state index contributed by atoms with van der Waals surface area (Å²) in [7, 11) is 0. The molecule has 2 N–H and O–H groups in total. The molecule has 1 aliphatic heterocycles. The van der Waals surface area contributed by atoms with Gasteiger partial charge in [-0.15, -0.1) is 0 Å². The Bertz CT molecular complexity index is 445. The molecule has 0 aliphatic carbocycles. The Morgan fingerprint density at radius 2 is 2.14 bits per heavy atom. The summed E-state index contributed by atoms with van der Waals surface area (Å²) in [4.78, 5) is 2.50. The first-order chi connectivity index (χ1) is 10.2. The molecule has 1 aromatic rings. The average Bonchev–Trinajstić information content (AvgIpc) is 2.48. The highest BCUT2D eigenvalue weighted by molar-refractivity contribution is 5.55. The maximum atomic E-state index is 13.7. The highest BCUT2D eigenvalue weighted by Crippen LogP contribution is 2.31. The molecule has 0 spiro atoms. The molecule has 3 heteroatoms. The lowest BCUT2D eigenvalue weighted by Crippen LogP contribution is -2.40. The smallest absolute Gasteiger partial charge is 0.123 e. The third-order valence-corrected chi connectivity index (χ3v) is 4.61. The second-order valence-corrected chi connectivity index (χ2v) is 6.28. The molecule has 1 aliphatic rings. The molecule has 0 radical (unpaired) electrons. The molecular weight excluding hydrogens is 263 g/mol. The minimum absolute atomic E-state index is 0.111. The summed E-state index contributed by atoms with van der Waals surface area (Å²) < 4.78 is 13.7. The van der Waals surface area contributed by atoms with Crippen LogP contribution in [-0.4, -0.2) is 18.6 Å². The van der Waals surface area contributed by atoms with Crippen molar-refractivity contribution in [3.8, 4) is 0 Å². The first-order valence-corrected chi connectivity index (χ1v) is 8.46. The van der Waals surface area contributed by atoms with Crippen LogP contribution in [0.2, 0.25) is 0 Å². The van der Waals surface area contributed by atoms with Crippen molar-refractivity contribution in [3.05, 3.63) is 29.6 Å². The van der Waals surface area contributed by atoms with E-state index in [4.69, 9.17) is 5.73 Å².